The van der Waals surface area contributed by atoms with Gasteiger partial charge in [-0.15, -0.1) is 0 Å². The highest BCUT2D eigenvalue weighted by Crippen LogP contribution is 2.34. The molecule has 1 aliphatic rings. The van der Waals surface area contributed by atoms with Crippen LogP contribution in [0.2, 0.25) is 0 Å². The first-order chi connectivity index (χ1) is 15.2. The maximum absolute atomic E-state index is 13.1. The second-order valence-corrected chi connectivity index (χ2v) is 9.62. The lowest BCUT2D eigenvalue weighted by atomic mass is 10.2. The van der Waals surface area contributed by atoms with E-state index in [1.54, 1.807) is 42.3 Å². The molecule has 0 radical (unpaired) electrons. The predicted molar refractivity (Wildman–Crippen MR) is 119 cm³/mol. The number of aryl methyl sites for hydroxylation is 1. The number of aromatic nitrogens is 2. The molecular weight excluding hydrogens is 434 g/mol. The molecule has 168 valence electrons. The predicted octanol–water partition coefficient (Wildman–Crippen LogP) is 1.88. The largest absolute Gasteiger partial charge is 0.489 e. The number of rotatable bonds is 5. The van der Waals surface area contributed by atoms with Gasteiger partial charge in [-0.2, -0.15) is 9.40 Å². The van der Waals surface area contributed by atoms with Gasteiger partial charge in [0.2, 0.25) is 21.8 Å². The van der Waals surface area contributed by atoms with Crippen LogP contribution >= 0.6 is 0 Å². The van der Waals surface area contributed by atoms with Crippen molar-refractivity contribution in [2.75, 3.05) is 37.0 Å². The molecule has 0 unspecified atom stereocenters. The lowest BCUT2D eigenvalue weighted by molar-refractivity contribution is -0.117. The second-order valence-electron chi connectivity index (χ2n) is 7.61. The van der Waals surface area contributed by atoms with E-state index >= 15 is 0 Å². The molecule has 4 rings (SSSR count). The Hall–Kier alpha value is -3.44. The number of sulfonamides is 1. The number of ether oxygens (including phenoxy) is 1. The Bertz CT molecular complexity index is 1320. The minimum Gasteiger partial charge on any atom is -0.489 e. The number of aromatic amines is 1. The van der Waals surface area contributed by atoms with Crippen LogP contribution in [0, 0.1) is 6.92 Å². The van der Waals surface area contributed by atoms with E-state index in [-0.39, 0.29) is 17.3 Å². The van der Waals surface area contributed by atoms with Gasteiger partial charge >= 0.3 is 0 Å². The van der Waals surface area contributed by atoms with Crippen molar-refractivity contribution in [2.45, 2.75) is 18.7 Å². The fraction of sp³-hybridized carbons (Fsp3) is 0.286. The topological polar surface area (TPSA) is 125 Å². The van der Waals surface area contributed by atoms with E-state index in [4.69, 9.17) is 4.74 Å². The van der Waals surface area contributed by atoms with Crippen LogP contribution in [0.1, 0.15) is 12.5 Å². The molecule has 0 bridgehead atoms. The monoisotopic (exact) mass is 457 g/mol. The summed E-state index contributed by atoms with van der Waals surface area (Å²) >= 11 is 0. The second kappa shape index (κ2) is 8.24. The zero-order valence-corrected chi connectivity index (χ0v) is 18.7. The van der Waals surface area contributed by atoms with Crippen molar-refractivity contribution in [2.24, 2.45) is 0 Å². The molecule has 0 fully saturated rings. The number of nitrogens with one attached hydrogen (secondary N) is 2. The van der Waals surface area contributed by atoms with Gasteiger partial charge in [0.1, 0.15) is 17.3 Å². The Labute approximate surface area is 185 Å². The van der Waals surface area contributed by atoms with Gasteiger partial charge in [0.25, 0.3) is 0 Å². The van der Waals surface area contributed by atoms with Gasteiger partial charge in [-0.3, -0.25) is 14.7 Å². The van der Waals surface area contributed by atoms with Gasteiger partial charge in [-0.25, -0.2) is 8.42 Å². The molecule has 0 saturated heterocycles. The van der Waals surface area contributed by atoms with E-state index in [9.17, 15) is 18.0 Å². The van der Waals surface area contributed by atoms with Crippen molar-refractivity contribution in [3.05, 3.63) is 42.1 Å². The van der Waals surface area contributed by atoms with Crippen molar-refractivity contribution in [3.63, 3.8) is 0 Å². The van der Waals surface area contributed by atoms with Crippen molar-refractivity contribution in [1.82, 2.24) is 14.5 Å². The fourth-order valence-electron chi connectivity index (χ4n) is 3.65. The molecule has 0 spiro atoms. The van der Waals surface area contributed by atoms with Gasteiger partial charge in [-0.1, -0.05) is 0 Å². The first kappa shape index (κ1) is 21.8. The highest BCUT2D eigenvalue weighted by Gasteiger charge is 2.27. The third-order valence-corrected chi connectivity index (χ3v) is 7.03. The number of carbonyl (C=O) groups excluding carboxylic acids is 2. The summed E-state index contributed by atoms with van der Waals surface area (Å²) in [5.41, 5.74) is 2.23. The maximum Gasteiger partial charge on any atom is 0.245 e. The Morgan fingerprint density at radius 3 is 2.81 bits per heavy atom. The van der Waals surface area contributed by atoms with Crippen LogP contribution in [0.5, 0.6) is 5.75 Å². The molecule has 32 heavy (non-hydrogen) atoms. The molecule has 2 heterocycles. The van der Waals surface area contributed by atoms with E-state index in [1.807, 2.05) is 6.07 Å². The Kier molecular flexibility index (Phi) is 5.61. The van der Waals surface area contributed by atoms with E-state index in [0.717, 1.165) is 9.87 Å². The number of hydrogen-bond acceptors (Lipinski definition) is 6. The van der Waals surface area contributed by atoms with Crippen molar-refractivity contribution in [1.29, 1.82) is 0 Å². The lowest BCUT2D eigenvalue weighted by Crippen LogP contribution is -2.36. The smallest absolute Gasteiger partial charge is 0.245 e. The molecule has 10 nitrogen and oxygen atoms in total. The highest BCUT2D eigenvalue weighted by molar-refractivity contribution is 7.89. The SMILES string of the molecule is CC(=O)N1CCOc2cc(NC(=O)CN(C)S(=O)(=O)c3cc(C)cc4cn[nH]c34)ccc21. The number of nitrogens with zero attached hydrogens (tertiary/aromatic N) is 3. The third kappa shape index (κ3) is 4.04. The first-order valence-electron chi connectivity index (χ1n) is 9.91. The molecule has 2 aromatic carbocycles. The maximum atomic E-state index is 13.1. The summed E-state index contributed by atoms with van der Waals surface area (Å²) in [6, 6.07) is 8.32. The molecule has 1 aromatic heterocycles. The fourth-order valence-corrected chi connectivity index (χ4v) is 5.03. The van der Waals surface area contributed by atoms with Gasteiger partial charge in [0, 0.05) is 31.1 Å². The molecule has 11 heteroatoms. The Balaban J connectivity index is 1.50. The average molecular weight is 458 g/mol. The summed E-state index contributed by atoms with van der Waals surface area (Å²) in [5, 5.41) is 9.99. The number of likely N-dealkylation sites (N-methyl/N-ethyl adjacent to an activating group) is 1. The van der Waals surface area contributed by atoms with E-state index < -0.39 is 15.9 Å². The van der Waals surface area contributed by atoms with Crippen LogP contribution in [-0.2, 0) is 19.6 Å². The van der Waals surface area contributed by atoms with Crippen LogP contribution in [0.4, 0.5) is 11.4 Å². The van der Waals surface area contributed by atoms with Crippen LogP contribution < -0.4 is 15.0 Å². The van der Waals surface area contributed by atoms with E-state index in [0.29, 0.717) is 41.2 Å². The lowest BCUT2D eigenvalue weighted by Gasteiger charge is -2.29. The zero-order valence-electron chi connectivity index (χ0n) is 17.9. The zero-order chi connectivity index (χ0) is 23.0. The molecule has 2 amide bonds. The normalized spacial score (nSPS) is 13.7. The van der Waals surface area contributed by atoms with Crippen LogP contribution in [0.3, 0.4) is 0 Å². The summed E-state index contributed by atoms with van der Waals surface area (Å²) in [5.74, 6) is -0.129. The highest BCUT2D eigenvalue weighted by atomic mass is 32.2. The number of hydrogen-bond donors (Lipinski definition) is 2. The van der Waals surface area contributed by atoms with Gasteiger partial charge < -0.3 is 15.0 Å². The summed E-state index contributed by atoms with van der Waals surface area (Å²) < 4.78 is 32.8. The molecule has 0 saturated carbocycles. The van der Waals surface area contributed by atoms with Crippen molar-refractivity contribution >= 4 is 44.1 Å². The molecule has 0 aliphatic carbocycles. The van der Waals surface area contributed by atoms with E-state index in [1.165, 1.54) is 14.0 Å². The number of amides is 2. The average Bonchev–Trinajstić information content (AvgIpc) is 3.20. The Morgan fingerprint density at radius 2 is 2.06 bits per heavy atom. The number of carbonyl (C=O) groups is 2. The number of benzene rings is 2. The summed E-state index contributed by atoms with van der Waals surface area (Å²) in [4.78, 5) is 26.0. The van der Waals surface area contributed by atoms with Crippen LogP contribution in [0.15, 0.2) is 41.4 Å². The van der Waals surface area contributed by atoms with Crippen LogP contribution in [0.25, 0.3) is 10.9 Å². The summed E-state index contributed by atoms with van der Waals surface area (Å²) in [6.45, 7) is 3.70. The molecule has 1 aliphatic heterocycles. The number of H-pyrrole nitrogens is 1. The summed E-state index contributed by atoms with van der Waals surface area (Å²) in [7, 11) is -2.60. The standard InChI is InChI=1S/C21H23N5O5S/c1-13-8-15-11-22-24-21(15)19(9-13)32(29,30)25(3)12-20(28)23-16-4-5-17-18(10-16)31-7-6-26(17)14(2)27/h4-5,8-11H,6-7,12H2,1-3H3,(H,22,24)(H,23,28). The Morgan fingerprint density at radius 1 is 1.28 bits per heavy atom. The molecule has 3 aromatic rings. The van der Waals surface area contributed by atoms with Gasteiger partial charge in [-0.05, 0) is 36.8 Å². The quantitative estimate of drug-likeness (QED) is 0.603. The third-order valence-electron chi connectivity index (χ3n) is 5.20. The van der Waals surface area contributed by atoms with Gasteiger partial charge in [0.05, 0.1) is 30.5 Å². The molecular formula is C21H23N5O5S. The number of fused-ring (bicyclic) bond motifs is 2. The van der Waals surface area contributed by atoms with Gasteiger partial charge in [0.15, 0.2) is 0 Å². The van der Waals surface area contributed by atoms with Crippen molar-refractivity contribution < 1.29 is 22.7 Å². The molecule has 0 atom stereocenters. The van der Waals surface area contributed by atoms with E-state index in [2.05, 4.69) is 15.5 Å². The first-order valence-corrected chi connectivity index (χ1v) is 11.4. The molecule has 2 N–H and O–H groups in total. The number of anilines is 2. The minimum absolute atomic E-state index is 0.0619. The van der Waals surface area contributed by atoms with Crippen LogP contribution in [-0.4, -0.2) is 61.5 Å². The van der Waals surface area contributed by atoms with Crippen molar-refractivity contribution in [3.8, 4) is 5.75 Å². The minimum atomic E-state index is -3.94. The summed E-state index contributed by atoms with van der Waals surface area (Å²) in [6.07, 6.45) is 1.56.